The second-order valence-corrected chi connectivity index (χ2v) is 10.6. The quantitative estimate of drug-likeness (QED) is 0.176. The number of nitrogens with zero attached hydrogens (tertiary/aromatic N) is 1. The monoisotopic (exact) mass is 597 g/mol. The molecule has 0 aromatic heterocycles. The van der Waals surface area contributed by atoms with Crippen molar-refractivity contribution in [2.75, 3.05) is 14.2 Å². The van der Waals surface area contributed by atoms with Gasteiger partial charge in [-0.1, -0.05) is 45.0 Å². The van der Waals surface area contributed by atoms with E-state index in [1.807, 2.05) is 48.5 Å². The van der Waals surface area contributed by atoms with Crippen molar-refractivity contribution >= 4 is 40.5 Å². The van der Waals surface area contributed by atoms with E-state index in [9.17, 15) is 4.79 Å². The fourth-order valence-corrected chi connectivity index (χ4v) is 4.02. The van der Waals surface area contributed by atoms with E-state index in [0.29, 0.717) is 29.4 Å². The Morgan fingerprint density at radius 3 is 2.11 bits per heavy atom. The predicted octanol–water partition coefficient (Wildman–Crippen LogP) is 6.53. The van der Waals surface area contributed by atoms with Gasteiger partial charge < -0.3 is 18.9 Å². The highest BCUT2D eigenvalue weighted by molar-refractivity contribution is 14.1. The van der Waals surface area contributed by atoms with Gasteiger partial charge in [0.2, 0.25) is 11.6 Å². The number of benzene rings is 3. The molecule has 0 atom stereocenters. The van der Waals surface area contributed by atoms with Gasteiger partial charge in [0.1, 0.15) is 6.61 Å². The third-order valence-corrected chi connectivity index (χ3v) is 6.42. The van der Waals surface area contributed by atoms with E-state index >= 15 is 0 Å². The lowest BCUT2D eigenvalue weighted by Gasteiger charge is -2.18. The molecule has 1 heterocycles. The summed E-state index contributed by atoms with van der Waals surface area (Å²) in [5.74, 6) is 1.22. The number of rotatable bonds is 7. The van der Waals surface area contributed by atoms with Crippen LogP contribution < -0.4 is 14.2 Å². The van der Waals surface area contributed by atoms with Crippen LogP contribution in [0, 0.1) is 3.57 Å². The first kappa shape index (κ1) is 25.8. The summed E-state index contributed by atoms with van der Waals surface area (Å²) in [7, 11) is 3.12. The van der Waals surface area contributed by atoms with Crippen molar-refractivity contribution in [2.24, 2.45) is 4.99 Å². The molecule has 7 heteroatoms. The first-order valence-corrected chi connectivity index (χ1v) is 12.5. The molecular weight excluding hydrogens is 569 g/mol. The molecule has 3 aromatic rings. The first-order valence-electron chi connectivity index (χ1n) is 11.4. The van der Waals surface area contributed by atoms with Crippen molar-refractivity contribution in [1.82, 2.24) is 0 Å². The Morgan fingerprint density at radius 2 is 1.56 bits per heavy atom. The van der Waals surface area contributed by atoms with E-state index in [1.54, 1.807) is 32.4 Å². The van der Waals surface area contributed by atoms with Gasteiger partial charge in [0.25, 0.3) is 0 Å². The van der Waals surface area contributed by atoms with Gasteiger partial charge >= 0.3 is 5.97 Å². The van der Waals surface area contributed by atoms with E-state index < -0.39 is 5.97 Å². The lowest BCUT2D eigenvalue weighted by molar-refractivity contribution is -0.129. The van der Waals surface area contributed by atoms with Crippen LogP contribution in [0.4, 0.5) is 0 Å². The van der Waals surface area contributed by atoms with Gasteiger partial charge in [0.05, 0.1) is 14.2 Å². The third kappa shape index (κ3) is 5.90. The number of hydrogen-bond acceptors (Lipinski definition) is 6. The standard InChI is InChI=1S/C29H28INO5/c1-29(2,3)21-10-8-20(9-11-21)27-31-23(28(32)36-27)14-19-15-24(33-4)26(25(16-19)34-5)35-17-18-6-12-22(30)13-7-18/h6-16H,17H2,1-5H3/b23-14+. The summed E-state index contributed by atoms with van der Waals surface area (Å²) >= 11 is 2.26. The Labute approximate surface area is 225 Å². The molecule has 0 fully saturated rings. The average molecular weight is 597 g/mol. The highest BCUT2D eigenvalue weighted by Crippen LogP contribution is 2.40. The number of aliphatic imine (C=N–C) groups is 1. The van der Waals surface area contributed by atoms with E-state index in [0.717, 1.165) is 14.7 Å². The minimum Gasteiger partial charge on any atom is -0.493 e. The van der Waals surface area contributed by atoms with E-state index in [-0.39, 0.29) is 17.0 Å². The number of carbonyl (C=O) groups is 1. The zero-order valence-electron chi connectivity index (χ0n) is 20.9. The zero-order valence-corrected chi connectivity index (χ0v) is 23.1. The highest BCUT2D eigenvalue weighted by Gasteiger charge is 2.25. The summed E-state index contributed by atoms with van der Waals surface area (Å²) in [6.45, 7) is 6.81. The van der Waals surface area contributed by atoms with Crippen LogP contribution in [0.15, 0.2) is 71.4 Å². The van der Waals surface area contributed by atoms with Gasteiger partial charge in [-0.15, -0.1) is 0 Å². The summed E-state index contributed by atoms with van der Waals surface area (Å²) in [6, 6.07) is 19.5. The minimum atomic E-state index is -0.512. The second-order valence-electron chi connectivity index (χ2n) is 9.33. The van der Waals surface area contributed by atoms with Crippen LogP contribution in [0.1, 0.15) is 43.0 Å². The normalized spacial score (nSPS) is 14.4. The lowest BCUT2D eigenvalue weighted by Crippen LogP contribution is -2.11. The Morgan fingerprint density at radius 1 is 0.944 bits per heavy atom. The number of hydrogen-bond donors (Lipinski definition) is 0. The van der Waals surface area contributed by atoms with Crippen LogP contribution in [0.2, 0.25) is 0 Å². The molecule has 0 aliphatic carbocycles. The maximum Gasteiger partial charge on any atom is 0.363 e. The van der Waals surface area contributed by atoms with Crippen molar-refractivity contribution in [3.63, 3.8) is 0 Å². The Kier molecular flexibility index (Phi) is 7.68. The molecule has 0 spiro atoms. The number of ether oxygens (including phenoxy) is 4. The summed E-state index contributed by atoms with van der Waals surface area (Å²) in [5, 5.41) is 0. The van der Waals surface area contributed by atoms with Crippen LogP contribution in [0.5, 0.6) is 17.2 Å². The lowest BCUT2D eigenvalue weighted by atomic mass is 9.87. The molecule has 3 aromatic carbocycles. The molecule has 4 rings (SSSR count). The zero-order chi connectivity index (χ0) is 25.9. The Bertz CT molecular complexity index is 1290. The fraction of sp³-hybridized carbons (Fsp3) is 0.241. The molecule has 0 unspecified atom stereocenters. The van der Waals surface area contributed by atoms with Gasteiger partial charge in [0.15, 0.2) is 17.2 Å². The van der Waals surface area contributed by atoms with Crippen LogP contribution in [0.25, 0.3) is 6.08 Å². The minimum absolute atomic E-state index is 0.0333. The van der Waals surface area contributed by atoms with Gasteiger partial charge in [-0.25, -0.2) is 9.79 Å². The summed E-state index contributed by atoms with van der Waals surface area (Å²) in [5.41, 5.74) is 3.86. The number of cyclic esters (lactones) is 1. The number of carbonyl (C=O) groups excluding carboxylic acids is 1. The van der Waals surface area contributed by atoms with Gasteiger partial charge in [-0.3, -0.25) is 0 Å². The van der Waals surface area contributed by atoms with Crippen molar-refractivity contribution < 1.29 is 23.7 Å². The van der Waals surface area contributed by atoms with Crippen LogP contribution in [-0.4, -0.2) is 26.1 Å². The summed E-state index contributed by atoms with van der Waals surface area (Å²) in [4.78, 5) is 17.0. The Hall–Kier alpha value is -3.33. The van der Waals surface area contributed by atoms with Crippen LogP contribution in [0.3, 0.4) is 0 Å². The number of esters is 1. The van der Waals surface area contributed by atoms with Gasteiger partial charge in [-0.05, 0) is 87.2 Å². The predicted molar refractivity (Wildman–Crippen MR) is 149 cm³/mol. The largest absolute Gasteiger partial charge is 0.493 e. The second kappa shape index (κ2) is 10.7. The molecular formula is C29H28INO5. The molecule has 36 heavy (non-hydrogen) atoms. The van der Waals surface area contributed by atoms with Crippen molar-refractivity contribution in [3.8, 4) is 17.2 Å². The number of halogens is 1. The highest BCUT2D eigenvalue weighted by atomic mass is 127. The molecule has 186 valence electrons. The fourth-order valence-electron chi connectivity index (χ4n) is 3.67. The molecule has 1 aliphatic heterocycles. The molecule has 0 saturated carbocycles. The molecule has 0 N–H and O–H groups in total. The van der Waals surface area contributed by atoms with E-state index in [1.165, 1.54) is 5.56 Å². The number of methoxy groups -OCH3 is 2. The molecule has 0 bridgehead atoms. The molecule has 6 nitrogen and oxygen atoms in total. The summed E-state index contributed by atoms with van der Waals surface area (Å²) in [6.07, 6.45) is 1.65. The maximum absolute atomic E-state index is 12.6. The first-order chi connectivity index (χ1) is 17.2. The topological polar surface area (TPSA) is 66.4 Å². The van der Waals surface area contributed by atoms with Gasteiger partial charge in [0, 0.05) is 9.13 Å². The Balaban J connectivity index is 1.59. The molecule has 0 saturated heterocycles. The maximum atomic E-state index is 12.6. The average Bonchev–Trinajstić information content (AvgIpc) is 3.23. The van der Waals surface area contributed by atoms with Crippen molar-refractivity contribution in [3.05, 3.63) is 92.2 Å². The molecule has 0 amide bonds. The third-order valence-electron chi connectivity index (χ3n) is 5.70. The van der Waals surface area contributed by atoms with E-state index in [4.69, 9.17) is 18.9 Å². The molecule has 0 radical (unpaired) electrons. The van der Waals surface area contributed by atoms with Crippen molar-refractivity contribution in [2.45, 2.75) is 32.8 Å². The van der Waals surface area contributed by atoms with Crippen LogP contribution >= 0.6 is 22.6 Å². The van der Waals surface area contributed by atoms with Crippen LogP contribution in [-0.2, 0) is 21.6 Å². The SMILES string of the molecule is COc1cc(/C=C2/N=C(c3ccc(C(C)(C)C)cc3)OC2=O)cc(OC)c1OCc1ccc(I)cc1. The van der Waals surface area contributed by atoms with Gasteiger partial charge in [-0.2, -0.15) is 0 Å². The van der Waals surface area contributed by atoms with E-state index in [2.05, 4.69) is 48.4 Å². The van der Waals surface area contributed by atoms with Crippen molar-refractivity contribution in [1.29, 1.82) is 0 Å². The summed E-state index contributed by atoms with van der Waals surface area (Å²) < 4.78 is 23.8. The smallest absolute Gasteiger partial charge is 0.363 e. The molecule has 1 aliphatic rings.